The fraction of sp³-hybridized carbons (Fsp3) is 0.667. The number of hydrogen-bond donors (Lipinski definition) is 2. The number of unbranched alkanes of at least 4 members (excludes halogenated alkanes) is 26. The van der Waals surface area contributed by atoms with Crippen LogP contribution in [0, 0.1) is 0 Å². The summed E-state index contributed by atoms with van der Waals surface area (Å²) in [6.07, 6.45) is 98.1. The van der Waals surface area contributed by atoms with Crippen LogP contribution in [-0.4, -0.2) is 68.5 Å². The molecule has 0 heterocycles. The van der Waals surface area contributed by atoms with E-state index < -0.39 is 26.6 Å². The van der Waals surface area contributed by atoms with Gasteiger partial charge in [0.15, 0.2) is 0 Å². The van der Waals surface area contributed by atoms with Crippen molar-refractivity contribution in [3.05, 3.63) is 146 Å². The number of hydrogen-bond acceptors (Lipinski definition) is 6. The first-order valence-corrected chi connectivity index (χ1v) is 35.7. The Bertz CT molecular complexity index is 1880. The highest BCUT2D eigenvalue weighted by Gasteiger charge is 2.23. The number of aliphatic hydroxyl groups excluding tert-OH is 1. The molecule has 0 aromatic rings. The fourth-order valence-electron chi connectivity index (χ4n) is 9.24. The summed E-state index contributed by atoms with van der Waals surface area (Å²) >= 11 is 0. The molecule has 9 heteroatoms. The number of phosphoric ester groups is 1. The molecule has 2 N–H and O–H groups in total. The number of rotatable bonds is 61. The zero-order valence-corrected chi connectivity index (χ0v) is 55.7. The van der Waals surface area contributed by atoms with Gasteiger partial charge in [-0.3, -0.25) is 9.36 Å². The van der Waals surface area contributed by atoms with Gasteiger partial charge < -0.3 is 28.8 Å². The van der Waals surface area contributed by atoms with Gasteiger partial charge in [0.05, 0.1) is 39.9 Å². The van der Waals surface area contributed by atoms with Gasteiger partial charge in [-0.1, -0.05) is 295 Å². The molecule has 8 nitrogen and oxygen atoms in total. The van der Waals surface area contributed by atoms with Crippen LogP contribution in [0.1, 0.15) is 271 Å². The van der Waals surface area contributed by atoms with Gasteiger partial charge in [-0.2, -0.15) is 0 Å². The van der Waals surface area contributed by atoms with Gasteiger partial charge in [0.25, 0.3) is 7.82 Å². The largest absolute Gasteiger partial charge is 0.756 e. The number of nitrogens with zero attached hydrogens (tertiary/aromatic N) is 1. The Labute approximate surface area is 519 Å². The van der Waals surface area contributed by atoms with E-state index in [1.807, 2.05) is 27.2 Å². The second-order valence-corrected chi connectivity index (χ2v) is 25.2. The molecule has 0 bridgehead atoms. The minimum absolute atomic E-state index is 0.0173. The lowest BCUT2D eigenvalue weighted by Gasteiger charge is -2.29. The molecule has 84 heavy (non-hydrogen) atoms. The first-order valence-electron chi connectivity index (χ1n) is 34.2. The van der Waals surface area contributed by atoms with Crippen molar-refractivity contribution in [1.29, 1.82) is 0 Å². The lowest BCUT2D eigenvalue weighted by atomic mass is 10.0. The van der Waals surface area contributed by atoms with Crippen molar-refractivity contribution in [2.75, 3.05) is 40.9 Å². The highest BCUT2D eigenvalue weighted by molar-refractivity contribution is 7.45. The van der Waals surface area contributed by atoms with Gasteiger partial charge in [0, 0.05) is 6.42 Å². The number of amides is 1. The number of quaternary nitrogens is 1. The SMILES string of the molecule is CC/C=C\C/C=C\C/C=C\C/C=C\C/C=C\C/C=C\C/C=C\C/C=C\C/C=C\CCCCCCCCCCCC(=O)NC(COP(=O)([O-])OCC[N+](C)(C)C)C(O)/C=C/CC/C=C/CC/C=C/CCCCCCCCCCCCCCCCC. The van der Waals surface area contributed by atoms with Gasteiger partial charge in [-0.15, -0.1) is 0 Å². The van der Waals surface area contributed by atoms with Crippen molar-refractivity contribution in [1.82, 2.24) is 5.32 Å². The van der Waals surface area contributed by atoms with Crippen LogP contribution in [-0.2, 0) is 18.4 Å². The fourth-order valence-corrected chi connectivity index (χ4v) is 9.96. The number of carbonyl (C=O) groups excluding carboxylic acids is 1. The normalized spacial score (nSPS) is 14.6. The van der Waals surface area contributed by atoms with E-state index in [9.17, 15) is 19.4 Å². The van der Waals surface area contributed by atoms with E-state index >= 15 is 0 Å². The Morgan fingerprint density at radius 3 is 1.11 bits per heavy atom. The Kier molecular flexibility index (Phi) is 61.1. The number of aliphatic hydroxyl groups is 1. The van der Waals surface area contributed by atoms with E-state index in [4.69, 9.17) is 9.05 Å². The first kappa shape index (κ1) is 80.4. The molecule has 1 amide bonds. The predicted octanol–water partition coefficient (Wildman–Crippen LogP) is 21.4. The average molecular weight is 1190 g/mol. The smallest absolute Gasteiger partial charge is 0.268 e. The summed E-state index contributed by atoms with van der Waals surface area (Å²) in [6, 6.07) is -0.925. The molecule has 480 valence electrons. The van der Waals surface area contributed by atoms with Crippen LogP contribution in [0.2, 0.25) is 0 Å². The molecule has 3 unspecified atom stereocenters. The number of allylic oxidation sites excluding steroid dienone is 23. The van der Waals surface area contributed by atoms with Crippen LogP contribution in [0.15, 0.2) is 146 Å². The summed E-state index contributed by atoms with van der Waals surface area (Å²) in [4.78, 5) is 25.6. The van der Waals surface area contributed by atoms with Crippen LogP contribution in [0.5, 0.6) is 0 Å². The molecule has 0 radical (unpaired) electrons. The highest BCUT2D eigenvalue weighted by atomic mass is 31.2. The van der Waals surface area contributed by atoms with E-state index in [-0.39, 0.29) is 12.5 Å². The Balaban J connectivity index is 4.22. The third-order valence-corrected chi connectivity index (χ3v) is 15.5. The maximum absolute atomic E-state index is 13.0. The summed E-state index contributed by atoms with van der Waals surface area (Å²) in [5, 5.41) is 13.9. The molecule has 3 atom stereocenters. The molecule has 0 aromatic carbocycles. The monoisotopic (exact) mass is 1180 g/mol. The molecular weight excluding hydrogens is 1060 g/mol. The summed E-state index contributed by atoms with van der Waals surface area (Å²) in [6.45, 7) is 4.51. The molecule has 0 fully saturated rings. The van der Waals surface area contributed by atoms with Crippen molar-refractivity contribution in [3.63, 3.8) is 0 Å². The van der Waals surface area contributed by atoms with Crippen molar-refractivity contribution in [2.24, 2.45) is 0 Å². The molecule has 0 saturated carbocycles. The van der Waals surface area contributed by atoms with Gasteiger partial charge in [0.2, 0.25) is 5.91 Å². The zero-order chi connectivity index (χ0) is 61.2. The zero-order valence-electron chi connectivity index (χ0n) is 54.8. The Morgan fingerprint density at radius 2 is 0.738 bits per heavy atom. The van der Waals surface area contributed by atoms with Crippen LogP contribution in [0.3, 0.4) is 0 Å². The average Bonchev–Trinajstić information content (AvgIpc) is 3.56. The molecule has 0 aliphatic rings. The Hall–Kier alpha value is -3.62. The van der Waals surface area contributed by atoms with Gasteiger partial charge in [-0.05, 0) is 116 Å². The van der Waals surface area contributed by atoms with E-state index in [0.29, 0.717) is 17.4 Å². The topological polar surface area (TPSA) is 108 Å². The lowest BCUT2D eigenvalue weighted by molar-refractivity contribution is -0.870. The standard InChI is InChI=1S/C75H129N2O6P/c1-6-8-10-12-14-16-18-20-22-24-26-28-30-32-33-34-35-36-37-38-39-40-41-42-43-45-47-49-51-53-55-57-59-61-63-65-67-69-75(79)76-73(72-83-84(80,81)82-71-70-77(3,4)5)74(78)68-66-64-62-60-58-56-54-52-50-48-46-44-31-29-27-25-23-21-19-17-15-13-11-9-7-2/h8,10,14,16,20,22,26,28,32-33,35-36,38-39,41-42,45,47,50,52,58,60,66,68,73-74,78H,6-7,9,11-13,15,17-19,21,23-25,27,29-31,34,37,40,43-44,46,48-49,51,53-57,59,61-65,67,69-72H2,1-5H3,(H-,76,79,80,81)/b10-8-,16-14-,22-20-,28-26-,33-32-,36-35-,39-38-,42-41-,47-45-,52-50+,60-58+,68-66+. The van der Waals surface area contributed by atoms with Crippen molar-refractivity contribution in [3.8, 4) is 0 Å². The predicted molar refractivity (Wildman–Crippen MR) is 366 cm³/mol. The molecule has 0 aliphatic heterocycles. The minimum atomic E-state index is -4.63. The molecular formula is C75H129N2O6P. The van der Waals surface area contributed by atoms with Crippen LogP contribution in [0.4, 0.5) is 0 Å². The quantitative estimate of drug-likeness (QED) is 0.0272. The second kappa shape index (κ2) is 63.9. The lowest BCUT2D eigenvalue weighted by Crippen LogP contribution is -2.45. The van der Waals surface area contributed by atoms with E-state index in [2.05, 4.69) is 153 Å². The summed E-state index contributed by atoms with van der Waals surface area (Å²) in [5.41, 5.74) is 0. The van der Waals surface area contributed by atoms with Crippen LogP contribution < -0.4 is 10.2 Å². The van der Waals surface area contributed by atoms with Crippen LogP contribution in [0.25, 0.3) is 0 Å². The second-order valence-electron chi connectivity index (χ2n) is 23.8. The molecule has 0 saturated heterocycles. The third kappa shape index (κ3) is 65.9. The number of likely N-dealkylation sites (N-methyl/N-ethyl adjacent to an activating group) is 1. The van der Waals surface area contributed by atoms with Crippen LogP contribution >= 0.6 is 7.82 Å². The van der Waals surface area contributed by atoms with Gasteiger partial charge in [0.1, 0.15) is 13.2 Å². The molecule has 0 aromatic heterocycles. The number of phosphoric acid groups is 1. The number of nitrogens with one attached hydrogen (secondary N) is 1. The Morgan fingerprint density at radius 1 is 0.429 bits per heavy atom. The maximum Gasteiger partial charge on any atom is 0.268 e. The first-order chi connectivity index (χ1) is 41.0. The molecule has 0 spiro atoms. The van der Waals surface area contributed by atoms with Gasteiger partial charge >= 0.3 is 0 Å². The minimum Gasteiger partial charge on any atom is -0.756 e. The van der Waals surface area contributed by atoms with Crippen molar-refractivity contribution < 1.29 is 32.9 Å². The summed E-state index contributed by atoms with van der Waals surface area (Å²) < 4.78 is 23.4. The summed E-state index contributed by atoms with van der Waals surface area (Å²) in [5.74, 6) is -0.222. The molecule has 0 rings (SSSR count). The summed E-state index contributed by atoms with van der Waals surface area (Å²) in [7, 11) is 1.22. The highest BCUT2D eigenvalue weighted by Crippen LogP contribution is 2.38. The van der Waals surface area contributed by atoms with Gasteiger partial charge in [-0.25, -0.2) is 0 Å². The van der Waals surface area contributed by atoms with E-state index in [1.54, 1.807) is 6.08 Å². The van der Waals surface area contributed by atoms with E-state index in [1.165, 1.54) is 135 Å². The third-order valence-electron chi connectivity index (χ3n) is 14.5. The van der Waals surface area contributed by atoms with Crippen molar-refractivity contribution >= 4 is 13.7 Å². The molecule has 0 aliphatic carbocycles. The number of carbonyl (C=O) groups is 1. The van der Waals surface area contributed by atoms with E-state index in [0.717, 1.165) is 116 Å². The maximum atomic E-state index is 13.0. The van der Waals surface area contributed by atoms with Crippen molar-refractivity contribution in [2.45, 2.75) is 283 Å².